The van der Waals surface area contributed by atoms with Gasteiger partial charge in [-0.3, -0.25) is 4.57 Å². The molecule has 0 radical (unpaired) electrons. The lowest BCUT2D eigenvalue weighted by Crippen LogP contribution is -2.49. The van der Waals surface area contributed by atoms with Crippen molar-refractivity contribution in [1.29, 1.82) is 0 Å². The van der Waals surface area contributed by atoms with Crippen LogP contribution in [0.5, 0.6) is 0 Å². The molecule has 1 atom stereocenters. The molecule has 1 N–H and O–H groups in total. The van der Waals surface area contributed by atoms with Crippen LogP contribution in [0.1, 0.15) is 44.7 Å². The Morgan fingerprint density at radius 3 is 2.42 bits per heavy atom. The highest BCUT2D eigenvalue weighted by Gasteiger charge is 2.55. The molecule has 0 saturated carbocycles. The maximum atomic E-state index is 13.4. The molecule has 0 saturated heterocycles. The number of ether oxygens (including phenoxy) is 1. The second-order valence-corrected chi connectivity index (χ2v) is 9.35. The molecule has 24 heavy (non-hydrogen) atoms. The van der Waals surface area contributed by atoms with Gasteiger partial charge in [-0.15, -0.1) is 0 Å². The molecule has 1 amide bonds. The van der Waals surface area contributed by atoms with Crippen molar-refractivity contribution in [2.45, 2.75) is 50.9 Å². The van der Waals surface area contributed by atoms with E-state index in [1.165, 1.54) is 14.2 Å². The van der Waals surface area contributed by atoms with Crippen molar-refractivity contribution in [3.63, 3.8) is 0 Å². The lowest BCUT2D eigenvalue weighted by atomic mass is 9.87. The highest BCUT2D eigenvalue weighted by Crippen LogP contribution is 2.66. The second kappa shape index (κ2) is 6.87. The van der Waals surface area contributed by atoms with Crippen LogP contribution in [0.4, 0.5) is 4.79 Å². The van der Waals surface area contributed by atoms with E-state index in [0.717, 1.165) is 24.0 Å². The van der Waals surface area contributed by atoms with Gasteiger partial charge in [0.05, 0.1) is 0 Å². The number of nitrogens with one attached hydrogen (secondary N) is 1. The van der Waals surface area contributed by atoms with Gasteiger partial charge >= 0.3 is 13.7 Å². The van der Waals surface area contributed by atoms with Crippen molar-refractivity contribution in [2.75, 3.05) is 14.2 Å². The summed E-state index contributed by atoms with van der Waals surface area (Å²) in [5, 5.41) is 1.56. The topological polar surface area (TPSA) is 73.9 Å². The van der Waals surface area contributed by atoms with Gasteiger partial charge in [-0.25, -0.2) is 4.79 Å². The van der Waals surface area contributed by atoms with Crippen molar-refractivity contribution >= 4 is 13.7 Å². The SMILES string of the molecule is COP(=O)(OC)C1(NC(=O)OC(C)(C)C)CCCc2ccccc21. The summed E-state index contributed by atoms with van der Waals surface area (Å²) >= 11 is 0. The van der Waals surface area contributed by atoms with Crippen molar-refractivity contribution in [1.82, 2.24) is 5.32 Å². The molecule has 134 valence electrons. The number of alkyl carbamates (subject to hydrolysis) is 1. The normalized spacial score (nSPS) is 21.0. The summed E-state index contributed by atoms with van der Waals surface area (Å²) in [6.45, 7) is 5.33. The van der Waals surface area contributed by atoms with E-state index >= 15 is 0 Å². The Morgan fingerprint density at radius 2 is 1.83 bits per heavy atom. The number of carbonyl (C=O) groups is 1. The summed E-state index contributed by atoms with van der Waals surface area (Å²) in [4.78, 5) is 12.5. The van der Waals surface area contributed by atoms with E-state index in [-0.39, 0.29) is 0 Å². The van der Waals surface area contributed by atoms with E-state index in [1.54, 1.807) is 20.8 Å². The van der Waals surface area contributed by atoms with Gasteiger partial charge in [-0.05, 0) is 51.2 Å². The van der Waals surface area contributed by atoms with Crippen LogP contribution in [-0.2, 0) is 30.1 Å². The largest absolute Gasteiger partial charge is 0.444 e. The predicted molar refractivity (Wildman–Crippen MR) is 92.1 cm³/mol. The van der Waals surface area contributed by atoms with Crippen LogP contribution in [0.2, 0.25) is 0 Å². The van der Waals surface area contributed by atoms with Crippen molar-refractivity contribution in [3.05, 3.63) is 35.4 Å². The van der Waals surface area contributed by atoms with Gasteiger partial charge in [-0.2, -0.15) is 0 Å². The van der Waals surface area contributed by atoms with Gasteiger partial charge in [0, 0.05) is 14.2 Å². The van der Waals surface area contributed by atoms with Crippen LogP contribution in [-0.4, -0.2) is 25.9 Å². The molecule has 1 unspecified atom stereocenters. The number of hydrogen-bond donors (Lipinski definition) is 1. The summed E-state index contributed by atoms with van der Waals surface area (Å²) < 4.78 is 29.3. The van der Waals surface area contributed by atoms with Gasteiger partial charge in [0.1, 0.15) is 5.60 Å². The van der Waals surface area contributed by atoms with E-state index in [4.69, 9.17) is 13.8 Å². The van der Waals surface area contributed by atoms with E-state index in [2.05, 4.69) is 5.32 Å². The first-order valence-corrected chi connectivity index (χ1v) is 9.53. The fourth-order valence-electron chi connectivity index (χ4n) is 3.15. The molecule has 1 aliphatic carbocycles. The zero-order valence-electron chi connectivity index (χ0n) is 14.9. The Labute approximate surface area is 143 Å². The fraction of sp³-hybridized carbons (Fsp3) is 0.588. The molecule has 0 bridgehead atoms. The third-order valence-corrected chi connectivity index (χ3v) is 6.58. The van der Waals surface area contributed by atoms with Crippen LogP contribution in [0.15, 0.2) is 24.3 Å². The number of benzene rings is 1. The molecular formula is C17H26NO5P. The maximum Gasteiger partial charge on any atom is 0.408 e. The molecule has 7 heteroatoms. The Bertz CT molecular complexity index is 647. The number of rotatable bonds is 4. The molecule has 1 aromatic carbocycles. The Kier molecular flexibility index (Phi) is 5.43. The molecule has 0 spiro atoms. The van der Waals surface area contributed by atoms with Crippen LogP contribution >= 0.6 is 7.60 Å². The van der Waals surface area contributed by atoms with Crippen LogP contribution in [0.3, 0.4) is 0 Å². The number of carbonyl (C=O) groups excluding carboxylic acids is 1. The number of amides is 1. The molecule has 2 rings (SSSR count). The minimum absolute atomic E-state index is 0.447. The third kappa shape index (κ3) is 3.51. The molecule has 0 aromatic heterocycles. The summed E-state index contributed by atoms with van der Waals surface area (Å²) in [7, 11) is -0.984. The molecule has 0 heterocycles. The molecular weight excluding hydrogens is 329 g/mol. The van der Waals surface area contributed by atoms with Crippen molar-refractivity contribution in [3.8, 4) is 0 Å². The molecule has 0 aliphatic heterocycles. The lowest BCUT2D eigenvalue weighted by Gasteiger charge is -2.42. The highest BCUT2D eigenvalue weighted by molar-refractivity contribution is 7.55. The minimum atomic E-state index is -3.65. The first kappa shape index (κ1) is 19.0. The zero-order chi connectivity index (χ0) is 18.0. The first-order chi connectivity index (χ1) is 11.2. The van der Waals surface area contributed by atoms with Crippen LogP contribution in [0.25, 0.3) is 0 Å². The Hall–Kier alpha value is -1.36. The molecule has 1 aliphatic rings. The number of hydrogen-bond acceptors (Lipinski definition) is 5. The zero-order valence-corrected chi connectivity index (χ0v) is 15.8. The van der Waals surface area contributed by atoms with Gasteiger partial charge < -0.3 is 19.1 Å². The van der Waals surface area contributed by atoms with Gasteiger partial charge in [0.25, 0.3) is 0 Å². The summed E-state index contributed by atoms with van der Waals surface area (Å²) in [5.74, 6) is 0. The highest BCUT2D eigenvalue weighted by atomic mass is 31.2. The average molecular weight is 355 g/mol. The first-order valence-electron chi connectivity index (χ1n) is 7.98. The van der Waals surface area contributed by atoms with Gasteiger partial charge in [0.2, 0.25) is 0 Å². The van der Waals surface area contributed by atoms with E-state index in [0.29, 0.717) is 6.42 Å². The van der Waals surface area contributed by atoms with E-state index in [9.17, 15) is 9.36 Å². The second-order valence-electron chi connectivity index (χ2n) is 6.86. The summed E-state index contributed by atoms with van der Waals surface area (Å²) in [5.41, 5.74) is 1.12. The number of fused-ring (bicyclic) bond motifs is 1. The Balaban J connectivity index is 2.53. The van der Waals surface area contributed by atoms with Crippen LogP contribution in [0, 0.1) is 0 Å². The summed E-state index contributed by atoms with van der Waals surface area (Å²) in [6, 6.07) is 7.60. The Morgan fingerprint density at radius 1 is 1.21 bits per heavy atom. The smallest absolute Gasteiger partial charge is 0.408 e. The molecule has 0 fully saturated rings. The standard InChI is InChI=1S/C17H26NO5P/c1-16(2,3)23-15(19)18-17(24(20,21-4)22-5)12-8-10-13-9-6-7-11-14(13)17/h6-7,9,11H,8,10,12H2,1-5H3,(H,18,19). The summed E-state index contributed by atoms with van der Waals surface area (Å²) in [6.07, 6.45) is 1.40. The van der Waals surface area contributed by atoms with E-state index in [1.807, 2.05) is 24.3 Å². The van der Waals surface area contributed by atoms with Crippen LogP contribution < -0.4 is 5.32 Å². The fourth-order valence-corrected chi connectivity index (χ4v) is 5.10. The minimum Gasteiger partial charge on any atom is -0.444 e. The van der Waals surface area contributed by atoms with Gasteiger partial charge in [-0.1, -0.05) is 24.3 Å². The molecule has 6 nitrogen and oxygen atoms in total. The van der Waals surface area contributed by atoms with Crippen molar-refractivity contribution in [2.24, 2.45) is 0 Å². The van der Waals surface area contributed by atoms with E-state index < -0.39 is 24.6 Å². The quantitative estimate of drug-likeness (QED) is 0.820. The maximum absolute atomic E-state index is 13.4. The van der Waals surface area contributed by atoms with Crippen molar-refractivity contribution < 1.29 is 23.1 Å². The predicted octanol–water partition coefficient (Wildman–Crippen LogP) is 4.19. The monoisotopic (exact) mass is 355 g/mol. The van der Waals surface area contributed by atoms with Gasteiger partial charge in [0.15, 0.2) is 5.28 Å². The number of aryl methyl sites for hydroxylation is 1. The molecule has 1 aromatic rings. The average Bonchev–Trinajstić information content (AvgIpc) is 2.52. The third-order valence-electron chi connectivity index (χ3n) is 4.10. The lowest BCUT2D eigenvalue weighted by molar-refractivity contribution is 0.0461.